The Morgan fingerprint density at radius 3 is 2.42 bits per heavy atom. The Hall–Kier alpha value is -4.62. The average molecular weight is 523 g/mol. The zero-order chi connectivity index (χ0) is 26.2. The molecule has 8 heteroatoms. The van der Waals surface area contributed by atoms with Crippen LogP contribution < -0.4 is 16.2 Å². The van der Waals surface area contributed by atoms with Gasteiger partial charge in [-0.05, 0) is 60.0 Å². The Balaban J connectivity index is 1.22. The Morgan fingerprint density at radius 1 is 0.868 bits per heavy atom. The lowest BCUT2D eigenvalue weighted by molar-refractivity contribution is 0.0888. The normalized spacial score (nSPS) is 16.2. The van der Waals surface area contributed by atoms with Gasteiger partial charge in [0.2, 0.25) is 0 Å². The summed E-state index contributed by atoms with van der Waals surface area (Å²) in [5.74, 6) is -0.493. The molecule has 3 N–H and O–H groups in total. The largest absolute Gasteiger partial charge is 0.360 e. The molecule has 1 unspecified atom stereocenters. The van der Waals surface area contributed by atoms with Gasteiger partial charge in [-0.25, -0.2) is 0 Å². The first-order valence-corrected chi connectivity index (χ1v) is 12.6. The molecule has 2 aromatic heterocycles. The Labute approximate surface area is 223 Å². The summed E-state index contributed by atoms with van der Waals surface area (Å²) in [6.07, 6.45) is 3.97. The van der Waals surface area contributed by atoms with Gasteiger partial charge in [-0.1, -0.05) is 48.0 Å². The van der Waals surface area contributed by atoms with E-state index in [0.717, 1.165) is 22.0 Å². The number of hydrogen-bond acceptors (Lipinski definition) is 3. The zero-order valence-corrected chi connectivity index (χ0v) is 20.9. The number of benzene rings is 3. The number of nitrogens with zero attached hydrogens (tertiary/aromatic N) is 1. The molecule has 6 rings (SSSR count). The van der Waals surface area contributed by atoms with Gasteiger partial charge in [0.1, 0.15) is 0 Å². The molecule has 2 heterocycles. The fraction of sp³-hybridized carbons (Fsp3) is 0.100. The van der Waals surface area contributed by atoms with E-state index in [1.807, 2.05) is 30.3 Å². The lowest BCUT2D eigenvalue weighted by atomic mass is 10.0. The van der Waals surface area contributed by atoms with Crippen LogP contribution >= 0.6 is 11.6 Å². The summed E-state index contributed by atoms with van der Waals surface area (Å²) < 4.78 is 1.51. The van der Waals surface area contributed by atoms with Gasteiger partial charge in [0.25, 0.3) is 17.4 Å². The molecule has 7 nitrogen and oxygen atoms in total. The topological polar surface area (TPSA) is 96.0 Å². The van der Waals surface area contributed by atoms with Crippen LogP contribution in [0.5, 0.6) is 0 Å². The molecule has 1 aliphatic carbocycles. The molecule has 0 saturated carbocycles. The van der Waals surface area contributed by atoms with Crippen molar-refractivity contribution in [3.63, 3.8) is 0 Å². The summed E-state index contributed by atoms with van der Waals surface area (Å²) in [5.41, 5.74) is 4.32. The van der Waals surface area contributed by atoms with Gasteiger partial charge >= 0.3 is 0 Å². The van der Waals surface area contributed by atoms with E-state index in [1.54, 1.807) is 60.9 Å². The molecule has 0 bridgehead atoms. The summed E-state index contributed by atoms with van der Waals surface area (Å²) in [5, 5.41) is 7.68. The van der Waals surface area contributed by atoms with E-state index in [-0.39, 0.29) is 23.4 Å². The molecule has 2 amide bonds. The van der Waals surface area contributed by atoms with Crippen LogP contribution in [0.15, 0.2) is 102 Å². The SMILES string of the molecule is O=C(NC1c2ccccc2C[C@@H]1NC(=O)c1ccc(-n2ccccc2=O)cc1)c1ccc2c(Cl)c[nH]c2c1. The van der Waals surface area contributed by atoms with Crippen LogP contribution in [0.25, 0.3) is 16.6 Å². The van der Waals surface area contributed by atoms with Crippen LogP contribution in [-0.2, 0) is 6.42 Å². The number of amides is 2. The first kappa shape index (κ1) is 23.8. The highest BCUT2D eigenvalue weighted by Crippen LogP contribution is 2.32. The number of hydrogen-bond donors (Lipinski definition) is 3. The highest BCUT2D eigenvalue weighted by atomic mass is 35.5. The van der Waals surface area contributed by atoms with Gasteiger partial charge in [0.05, 0.1) is 17.1 Å². The van der Waals surface area contributed by atoms with Crippen molar-refractivity contribution in [2.45, 2.75) is 18.5 Å². The van der Waals surface area contributed by atoms with E-state index in [0.29, 0.717) is 28.3 Å². The Morgan fingerprint density at radius 2 is 1.61 bits per heavy atom. The summed E-state index contributed by atoms with van der Waals surface area (Å²) in [6.45, 7) is 0. The third kappa shape index (κ3) is 4.37. The third-order valence-corrected chi connectivity index (χ3v) is 7.27. The summed E-state index contributed by atoms with van der Waals surface area (Å²) in [6, 6.07) is 24.3. The second-order valence-electron chi connectivity index (χ2n) is 9.29. The standard InChI is InChI=1S/C30H23ClN4O3/c31-24-17-32-25-16-20(10-13-23(24)25)30(38)34-28-22-6-2-1-5-19(22)15-26(28)33-29(37)18-8-11-21(12-9-18)35-14-4-3-7-27(35)36/h1-14,16-17,26,28,32H,15H2,(H,33,37)(H,34,38)/t26-,28?/m0/s1. The minimum atomic E-state index is -0.396. The number of H-pyrrole nitrogens is 1. The minimum absolute atomic E-state index is 0.148. The number of aromatic amines is 1. The maximum absolute atomic E-state index is 13.3. The number of fused-ring (bicyclic) bond motifs is 2. The van der Waals surface area contributed by atoms with Crippen LogP contribution in [0, 0.1) is 0 Å². The van der Waals surface area contributed by atoms with E-state index in [9.17, 15) is 14.4 Å². The van der Waals surface area contributed by atoms with E-state index in [2.05, 4.69) is 15.6 Å². The number of carbonyl (C=O) groups excluding carboxylic acids is 2. The number of carbonyl (C=O) groups is 2. The molecule has 0 aliphatic heterocycles. The number of pyridine rings is 1. The molecule has 0 spiro atoms. The van der Waals surface area contributed by atoms with Crippen LogP contribution in [0.4, 0.5) is 0 Å². The van der Waals surface area contributed by atoms with Gasteiger partial charge in [-0.15, -0.1) is 0 Å². The summed E-state index contributed by atoms with van der Waals surface area (Å²) >= 11 is 6.18. The summed E-state index contributed by atoms with van der Waals surface area (Å²) in [7, 11) is 0. The van der Waals surface area contributed by atoms with Crippen LogP contribution in [0.3, 0.4) is 0 Å². The van der Waals surface area contributed by atoms with E-state index in [4.69, 9.17) is 11.6 Å². The predicted molar refractivity (Wildman–Crippen MR) is 147 cm³/mol. The van der Waals surface area contributed by atoms with Crippen molar-refractivity contribution in [3.05, 3.63) is 135 Å². The molecule has 1 aliphatic rings. The number of halogens is 1. The number of nitrogens with one attached hydrogen (secondary N) is 3. The van der Waals surface area contributed by atoms with Gasteiger partial charge in [-0.3, -0.25) is 19.0 Å². The molecule has 3 aromatic carbocycles. The van der Waals surface area contributed by atoms with E-state index < -0.39 is 6.04 Å². The van der Waals surface area contributed by atoms with Gasteiger partial charge in [0, 0.05) is 46.2 Å². The van der Waals surface area contributed by atoms with Crippen LogP contribution in [-0.4, -0.2) is 27.4 Å². The van der Waals surface area contributed by atoms with Gasteiger partial charge < -0.3 is 15.6 Å². The van der Waals surface area contributed by atoms with Crippen molar-refractivity contribution >= 4 is 34.3 Å². The molecule has 2 atom stereocenters. The first-order chi connectivity index (χ1) is 18.5. The second kappa shape index (κ2) is 9.68. The highest BCUT2D eigenvalue weighted by molar-refractivity contribution is 6.35. The third-order valence-electron chi connectivity index (χ3n) is 6.96. The van der Waals surface area contributed by atoms with Crippen molar-refractivity contribution in [3.8, 4) is 5.69 Å². The monoisotopic (exact) mass is 522 g/mol. The quantitative estimate of drug-likeness (QED) is 0.309. The fourth-order valence-electron chi connectivity index (χ4n) is 5.03. The fourth-order valence-corrected chi connectivity index (χ4v) is 5.25. The van der Waals surface area contributed by atoms with Crippen LogP contribution in [0.2, 0.25) is 5.02 Å². The number of aromatic nitrogens is 2. The van der Waals surface area contributed by atoms with Crippen molar-refractivity contribution in [1.29, 1.82) is 0 Å². The number of rotatable bonds is 5. The zero-order valence-electron chi connectivity index (χ0n) is 20.1. The first-order valence-electron chi connectivity index (χ1n) is 12.2. The molecule has 0 fully saturated rings. The summed E-state index contributed by atoms with van der Waals surface area (Å²) in [4.78, 5) is 41.7. The van der Waals surface area contributed by atoms with Gasteiger partial charge in [-0.2, -0.15) is 0 Å². The molecular formula is C30H23ClN4O3. The van der Waals surface area contributed by atoms with E-state index in [1.165, 1.54) is 10.6 Å². The van der Waals surface area contributed by atoms with Crippen molar-refractivity contribution in [2.75, 3.05) is 0 Å². The predicted octanol–water partition coefficient (Wildman–Crippen LogP) is 4.80. The molecule has 5 aromatic rings. The molecule has 188 valence electrons. The molecule has 38 heavy (non-hydrogen) atoms. The molecular weight excluding hydrogens is 500 g/mol. The molecule has 0 radical (unpaired) electrons. The van der Waals surface area contributed by atoms with Crippen molar-refractivity contribution < 1.29 is 9.59 Å². The van der Waals surface area contributed by atoms with Gasteiger partial charge in [0.15, 0.2) is 0 Å². The lowest BCUT2D eigenvalue weighted by Gasteiger charge is -2.23. The minimum Gasteiger partial charge on any atom is -0.360 e. The van der Waals surface area contributed by atoms with E-state index >= 15 is 0 Å². The average Bonchev–Trinajstić information content (AvgIpc) is 3.48. The van der Waals surface area contributed by atoms with Crippen molar-refractivity contribution in [1.82, 2.24) is 20.2 Å². The maximum Gasteiger partial charge on any atom is 0.255 e. The smallest absolute Gasteiger partial charge is 0.255 e. The Kier molecular flexibility index (Phi) is 6.05. The van der Waals surface area contributed by atoms with Crippen LogP contribution in [0.1, 0.15) is 37.9 Å². The second-order valence-corrected chi connectivity index (χ2v) is 9.69. The van der Waals surface area contributed by atoms with Crippen molar-refractivity contribution in [2.24, 2.45) is 0 Å². The molecule has 0 saturated heterocycles. The lowest BCUT2D eigenvalue weighted by Crippen LogP contribution is -2.44. The Bertz CT molecular complexity index is 1740. The highest BCUT2D eigenvalue weighted by Gasteiger charge is 2.34. The maximum atomic E-state index is 13.3.